The van der Waals surface area contributed by atoms with Crippen molar-refractivity contribution in [1.82, 2.24) is 2.50 Å². The van der Waals surface area contributed by atoms with Crippen molar-refractivity contribution in [3.8, 4) is 0 Å². The minimum absolute atomic E-state index is 0.0970. The molecular formula is C5H7NO2Pa2. The van der Waals surface area contributed by atoms with Crippen molar-refractivity contribution in [2.75, 3.05) is 0 Å². The predicted molar refractivity (Wildman–Crippen MR) is 27.2 cm³/mol. The summed E-state index contributed by atoms with van der Waals surface area (Å²) in [5.74, 6) is 0.0970. The van der Waals surface area contributed by atoms with Gasteiger partial charge in [0.05, 0.1) is 0 Å². The van der Waals surface area contributed by atoms with Crippen LogP contribution in [-0.2, 0) is 9.59 Å². The molecule has 3 nitrogen and oxygen atoms in total. The molecule has 5 heteroatoms. The van der Waals surface area contributed by atoms with Crippen LogP contribution < -0.4 is 2.50 Å². The minimum atomic E-state index is -0.126. The maximum absolute atomic E-state index is 10.8. The molecule has 10 heavy (non-hydrogen) atoms. The van der Waals surface area contributed by atoms with Crippen LogP contribution in [0.3, 0.4) is 0 Å². The van der Waals surface area contributed by atoms with Gasteiger partial charge in [-0.2, -0.15) is 0 Å². The average molecular weight is 575 g/mol. The molecule has 0 spiro atoms. The van der Waals surface area contributed by atoms with Crippen molar-refractivity contribution in [3.63, 3.8) is 0 Å². The number of Topliss-reactive ketones (excluding diaryl/α,β-unsaturated/α-hetero) is 1. The monoisotopic (exact) mass is 575 g/mol. The SMILES string of the molecule is CC(=O)CC([NH][Pa])[C](=O)[Pa]. The molecule has 0 rings (SSSR count). The van der Waals surface area contributed by atoms with E-state index in [9.17, 15) is 9.59 Å². The van der Waals surface area contributed by atoms with E-state index in [0.29, 0.717) is 37.3 Å². The number of carbonyl (C=O) groups excluding carboxylic acids is 2. The number of hydrogen-bond acceptors (Lipinski definition) is 3. The normalized spacial score (nSPS) is 12.9. The number of carbonyl (C=O) groups is 2. The van der Waals surface area contributed by atoms with Crippen molar-refractivity contribution >= 4 is 8.43 Å². The summed E-state index contributed by atoms with van der Waals surface area (Å²) in [6.07, 6.45) is 0.392. The Morgan fingerprint density at radius 3 is 2.20 bits per heavy atom. The van der Waals surface area contributed by atoms with E-state index in [1.165, 1.54) is 6.92 Å². The molecule has 0 heterocycles. The molecule has 0 aromatic rings. The van der Waals surface area contributed by atoms with Crippen molar-refractivity contribution in [1.29, 1.82) is 0 Å². The number of nitrogens with one attached hydrogen (secondary N) is 1. The zero-order chi connectivity index (χ0) is 8.15. The van der Waals surface area contributed by atoms with E-state index in [-0.39, 0.29) is 45.0 Å². The molecule has 0 amide bonds. The maximum atomic E-state index is 10.8. The van der Waals surface area contributed by atoms with Gasteiger partial charge in [0.15, 0.2) is 0 Å². The summed E-state index contributed by atoms with van der Waals surface area (Å²) in [4.78, 5) is 21.4. The summed E-state index contributed by atoms with van der Waals surface area (Å²) in [6.45, 7) is 1.52. The Bertz CT molecular complexity index is 149. The van der Waals surface area contributed by atoms with E-state index in [2.05, 4.69) is 2.50 Å². The predicted octanol–water partition coefficient (Wildman–Crippen LogP) is -0.536. The average Bonchev–Trinajstić information content (AvgIpc) is 1.81. The van der Waals surface area contributed by atoms with Crippen LogP contribution in [0.25, 0.3) is 0 Å². The van der Waals surface area contributed by atoms with Gasteiger partial charge in [-0.1, -0.05) is 0 Å². The Morgan fingerprint density at radius 2 is 2.10 bits per heavy atom. The molecule has 0 aromatic heterocycles. The Balaban J connectivity index is 3.83. The van der Waals surface area contributed by atoms with Crippen LogP contribution >= 0.6 is 0 Å². The van der Waals surface area contributed by atoms with Gasteiger partial charge in [0.2, 0.25) is 0 Å². The fourth-order valence-corrected chi connectivity index (χ4v) is 5.93. The fourth-order valence-electron chi connectivity index (χ4n) is 0.529. The quantitative estimate of drug-likeness (QED) is 0.491. The van der Waals surface area contributed by atoms with Gasteiger partial charge >= 0.3 is 101 Å². The zero-order valence-electron chi connectivity index (χ0n) is 5.76. The van der Waals surface area contributed by atoms with Gasteiger partial charge in [-0.15, -0.1) is 0 Å². The molecule has 0 fully saturated rings. The molecule has 50 valence electrons. The molecule has 1 unspecified atom stereocenters. The van der Waals surface area contributed by atoms with Crippen LogP contribution in [0.4, 0.5) is 0 Å². The molecule has 0 aliphatic carbocycles. The fraction of sp³-hybridized carbons (Fsp3) is 0.600. The summed E-state index contributed by atoms with van der Waals surface area (Å²) >= 11 is 0.649. The first-order valence-corrected chi connectivity index (χ1v) is 7.63. The standard InChI is InChI=1S/C5H7NO2.2Pa/c1-4(8)2-5(6)3-7;;/h5-6H,2H2,1H3;;/q-1;;+1. The van der Waals surface area contributed by atoms with Crippen LogP contribution in [0, 0.1) is 61.5 Å². The molecule has 0 saturated carbocycles. The van der Waals surface area contributed by atoms with Gasteiger partial charge in [0, 0.05) is 0 Å². The third-order valence-electron chi connectivity index (χ3n) is 1.04. The van der Waals surface area contributed by atoms with E-state index >= 15 is 0 Å². The Morgan fingerprint density at radius 1 is 1.60 bits per heavy atom. The summed E-state index contributed by atoms with van der Waals surface area (Å²) in [6, 6.07) is -0.126. The van der Waals surface area contributed by atoms with Gasteiger partial charge in [0.1, 0.15) is 0 Å². The number of rotatable bonds is 4. The molecular weight excluding hydrogens is 568 g/mol. The molecule has 0 aliphatic heterocycles. The third kappa shape index (κ3) is 5.17. The van der Waals surface area contributed by atoms with Gasteiger partial charge in [-0.25, -0.2) is 0 Å². The Kier molecular flexibility index (Phi) is 6.95. The van der Waals surface area contributed by atoms with Gasteiger partial charge < -0.3 is 0 Å². The summed E-state index contributed by atoms with van der Waals surface area (Å²) in [5, 5.41) is 0. The first kappa shape index (κ1) is 11.5. The van der Waals surface area contributed by atoms with Gasteiger partial charge in [0.25, 0.3) is 0 Å². The Hall–Kier alpha value is 1.48. The summed E-state index contributed by atoms with van der Waals surface area (Å²) in [5.41, 5.74) is 0. The van der Waals surface area contributed by atoms with E-state index < -0.39 is 0 Å². The molecule has 0 radical (unpaired) electrons. The van der Waals surface area contributed by atoms with E-state index in [1.807, 2.05) is 0 Å². The van der Waals surface area contributed by atoms with E-state index in [1.54, 1.807) is 0 Å². The molecule has 0 bridgehead atoms. The first-order chi connectivity index (χ1) is 4.57. The molecule has 0 aliphatic rings. The second kappa shape index (κ2) is 6.05. The summed E-state index contributed by atoms with van der Waals surface area (Å²) in [7, 11) is 0. The van der Waals surface area contributed by atoms with Crippen molar-refractivity contribution < 1.29 is 71.1 Å². The second-order valence-electron chi connectivity index (χ2n) is 2.03. The summed E-state index contributed by atoms with van der Waals surface area (Å²) < 4.78 is 3.25. The molecule has 0 aromatic carbocycles. The molecule has 1 N–H and O–H groups in total. The van der Waals surface area contributed by atoms with E-state index in [0.717, 1.165) is 0 Å². The van der Waals surface area contributed by atoms with Crippen LogP contribution in [0.5, 0.6) is 0 Å². The Labute approximate surface area is 99.9 Å². The van der Waals surface area contributed by atoms with Crippen LogP contribution in [0.15, 0.2) is 0 Å². The zero-order valence-corrected chi connectivity index (χ0v) is 15.4. The van der Waals surface area contributed by atoms with E-state index in [4.69, 9.17) is 0 Å². The topological polar surface area (TPSA) is 46.2 Å². The van der Waals surface area contributed by atoms with Gasteiger partial charge in [-0.05, 0) is 0 Å². The third-order valence-corrected chi connectivity index (χ3v) is 4.39. The number of ketones is 1. The molecule has 1 atom stereocenters. The van der Waals surface area contributed by atoms with Crippen molar-refractivity contribution in [2.45, 2.75) is 19.4 Å². The first-order valence-electron chi connectivity index (χ1n) is 2.82. The van der Waals surface area contributed by atoms with Crippen molar-refractivity contribution in [2.24, 2.45) is 0 Å². The second-order valence-corrected chi connectivity index (χ2v) is 5.78. The van der Waals surface area contributed by atoms with Crippen LogP contribution in [0.1, 0.15) is 13.3 Å². The van der Waals surface area contributed by atoms with Crippen LogP contribution in [0.2, 0.25) is 0 Å². The van der Waals surface area contributed by atoms with Crippen LogP contribution in [-0.4, -0.2) is 14.5 Å². The van der Waals surface area contributed by atoms with Crippen molar-refractivity contribution in [3.05, 3.63) is 0 Å². The number of hydrogen-bond donors (Lipinski definition) is 1. The van der Waals surface area contributed by atoms with Gasteiger partial charge in [-0.3, -0.25) is 0 Å². The molecule has 0 saturated heterocycles.